The lowest BCUT2D eigenvalue weighted by molar-refractivity contribution is -0.114. The molecule has 0 fully saturated rings. The van der Waals surface area contributed by atoms with Gasteiger partial charge in [-0.15, -0.1) is 23.7 Å². The largest absolute Gasteiger partial charge is 0.333 e. The minimum Gasteiger partial charge on any atom is -0.333 e. The first-order valence-corrected chi connectivity index (χ1v) is 8.21. The predicted octanol–water partition coefficient (Wildman–Crippen LogP) is 2.26. The Morgan fingerprint density at radius 1 is 1.19 bits per heavy atom. The zero-order valence-corrected chi connectivity index (χ0v) is 15.4. The summed E-state index contributed by atoms with van der Waals surface area (Å²) in [6.45, 7) is 1.20. The average Bonchev–Trinajstić information content (AvgIpc) is 3.01. The number of rotatable bonds is 6. The lowest BCUT2D eigenvalue weighted by Gasteiger charge is -2.09. The lowest BCUT2D eigenvalue weighted by atomic mass is 10.0. The molecule has 0 bridgehead atoms. The van der Waals surface area contributed by atoms with Gasteiger partial charge in [-0.3, -0.25) is 10.2 Å². The van der Waals surface area contributed by atoms with Crippen molar-refractivity contribution in [3.8, 4) is 0 Å². The molecule has 1 aromatic heterocycles. The molecule has 3 amide bonds. The average molecular weight is 406 g/mol. The van der Waals surface area contributed by atoms with Crippen LogP contribution >= 0.6 is 23.7 Å². The van der Waals surface area contributed by atoms with Crippen molar-refractivity contribution in [1.29, 1.82) is 0 Å². The molecule has 0 aliphatic rings. The van der Waals surface area contributed by atoms with Gasteiger partial charge in [0, 0.05) is 24.4 Å². The van der Waals surface area contributed by atoms with Crippen molar-refractivity contribution in [3.63, 3.8) is 0 Å². The van der Waals surface area contributed by atoms with Gasteiger partial charge in [-0.1, -0.05) is 12.1 Å². The van der Waals surface area contributed by atoms with E-state index in [-0.39, 0.29) is 42.4 Å². The molecular weight excluding hydrogens is 388 g/mol. The molecular formula is C15H18ClF2N5O2S. The number of anilines is 1. The van der Waals surface area contributed by atoms with Crippen LogP contribution in [0.25, 0.3) is 0 Å². The van der Waals surface area contributed by atoms with Crippen molar-refractivity contribution in [3.05, 3.63) is 46.0 Å². The Kier molecular flexibility index (Phi) is 8.36. The first kappa shape index (κ1) is 21.7. The summed E-state index contributed by atoms with van der Waals surface area (Å²) in [6, 6.07) is 2.19. The van der Waals surface area contributed by atoms with Crippen LogP contribution in [0.5, 0.6) is 0 Å². The Morgan fingerprint density at radius 3 is 2.50 bits per heavy atom. The molecule has 26 heavy (non-hydrogen) atoms. The number of carbonyl (C=O) groups excluding carboxylic acids is 2. The topological polar surface area (TPSA) is 109 Å². The number of thiazole rings is 1. The van der Waals surface area contributed by atoms with E-state index in [0.717, 1.165) is 0 Å². The highest BCUT2D eigenvalue weighted by Gasteiger charge is 2.14. The summed E-state index contributed by atoms with van der Waals surface area (Å²) in [7, 11) is 0. The van der Waals surface area contributed by atoms with Gasteiger partial charge in [-0.2, -0.15) is 0 Å². The number of nitrogens with zero attached hydrogens (tertiary/aromatic N) is 1. The van der Waals surface area contributed by atoms with E-state index in [1.54, 1.807) is 5.38 Å². The highest BCUT2D eigenvalue weighted by Crippen LogP contribution is 2.20. The number of hydrazine groups is 1. The number of nitrogens with one attached hydrogen (secondary N) is 3. The Bertz CT molecular complexity index is 787. The van der Waals surface area contributed by atoms with Crippen molar-refractivity contribution < 1.29 is 18.4 Å². The monoisotopic (exact) mass is 405 g/mol. The quantitative estimate of drug-likeness (QED) is 0.335. The molecule has 5 N–H and O–H groups in total. The van der Waals surface area contributed by atoms with Crippen molar-refractivity contribution >= 4 is 40.8 Å². The number of hydrogen-bond acceptors (Lipinski definition) is 5. The van der Waals surface area contributed by atoms with E-state index in [0.29, 0.717) is 17.2 Å². The minimum absolute atomic E-state index is 0. The fourth-order valence-corrected chi connectivity index (χ4v) is 2.87. The summed E-state index contributed by atoms with van der Waals surface area (Å²) in [6.07, 6.45) is 0.655. The molecule has 11 heteroatoms. The molecule has 0 atom stereocenters. The zero-order valence-electron chi connectivity index (χ0n) is 13.8. The van der Waals surface area contributed by atoms with Gasteiger partial charge in [0.2, 0.25) is 5.91 Å². The van der Waals surface area contributed by atoms with E-state index >= 15 is 0 Å². The van der Waals surface area contributed by atoms with E-state index in [2.05, 4.69) is 15.6 Å². The van der Waals surface area contributed by atoms with E-state index in [1.165, 1.54) is 30.4 Å². The SMILES string of the molecule is CC(=O)Nc1nc(CCc2ccc(CNC(=O)NN)c(F)c2F)cs1.Cl. The summed E-state index contributed by atoms with van der Waals surface area (Å²) in [4.78, 5) is 26.1. The van der Waals surface area contributed by atoms with E-state index in [4.69, 9.17) is 5.84 Å². The fourth-order valence-electron chi connectivity index (χ4n) is 2.08. The van der Waals surface area contributed by atoms with Crippen molar-refractivity contribution in [1.82, 2.24) is 15.7 Å². The molecule has 0 radical (unpaired) electrons. The third kappa shape index (κ3) is 5.90. The fraction of sp³-hybridized carbons (Fsp3) is 0.267. The van der Waals surface area contributed by atoms with Gasteiger partial charge >= 0.3 is 6.03 Å². The second-order valence-electron chi connectivity index (χ2n) is 5.16. The number of aromatic nitrogens is 1. The summed E-state index contributed by atoms with van der Waals surface area (Å²) >= 11 is 1.27. The first-order chi connectivity index (χ1) is 11.9. The van der Waals surface area contributed by atoms with Gasteiger partial charge in [0.1, 0.15) is 0 Å². The molecule has 0 aliphatic heterocycles. The molecule has 0 saturated heterocycles. The van der Waals surface area contributed by atoms with Crippen LogP contribution in [0.4, 0.5) is 18.7 Å². The molecule has 7 nitrogen and oxygen atoms in total. The Balaban J connectivity index is 0.00000338. The summed E-state index contributed by atoms with van der Waals surface area (Å²) in [5.41, 5.74) is 2.74. The zero-order chi connectivity index (χ0) is 18.4. The number of halogens is 3. The standard InChI is InChI=1S/C15H17F2N5O2S.ClH/c1-8(23)20-15-21-11(7-25-15)5-4-9-2-3-10(13(17)12(9)16)6-19-14(24)22-18;/h2-3,7H,4-6,18H2,1H3,(H2,19,22,24)(H,20,21,23);1H. The Labute approximate surface area is 158 Å². The minimum atomic E-state index is -1.01. The number of amides is 3. The molecule has 142 valence electrons. The van der Waals surface area contributed by atoms with Crippen molar-refractivity contribution in [2.24, 2.45) is 5.84 Å². The van der Waals surface area contributed by atoms with Crippen LogP contribution < -0.4 is 21.9 Å². The highest BCUT2D eigenvalue weighted by atomic mass is 35.5. The Hall–Kier alpha value is -2.30. The predicted molar refractivity (Wildman–Crippen MR) is 97.0 cm³/mol. The van der Waals surface area contributed by atoms with Gasteiger partial charge in [0.05, 0.1) is 5.69 Å². The third-order valence-corrected chi connectivity index (χ3v) is 4.10. The van der Waals surface area contributed by atoms with E-state index in [1.807, 2.05) is 5.43 Å². The maximum absolute atomic E-state index is 14.1. The molecule has 2 rings (SSSR count). The molecule has 0 spiro atoms. The van der Waals surface area contributed by atoms with Crippen LogP contribution in [0.1, 0.15) is 23.7 Å². The second kappa shape index (κ2) is 10.00. The van der Waals surface area contributed by atoms with Crippen LogP contribution in [0.15, 0.2) is 17.5 Å². The number of carbonyl (C=O) groups is 2. The first-order valence-electron chi connectivity index (χ1n) is 7.33. The van der Waals surface area contributed by atoms with Gasteiger partial charge in [-0.25, -0.2) is 24.4 Å². The number of hydrogen-bond donors (Lipinski definition) is 4. The third-order valence-electron chi connectivity index (χ3n) is 3.30. The van der Waals surface area contributed by atoms with Gasteiger partial charge in [-0.05, 0) is 18.4 Å². The maximum Gasteiger partial charge on any atom is 0.329 e. The smallest absolute Gasteiger partial charge is 0.329 e. The van der Waals surface area contributed by atoms with Crippen molar-refractivity contribution in [2.45, 2.75) is 26.3 Å². The van der Waals surface area contributed by atoms with E-state index < -0.39 is 17.7 Å². The number of nitrogens with two attached hydrogens (primary N) is 1. The maximum atomic E-state index is 14.1. The number of benzene rings is 1. The van der Waals surface area contributed by atoms with Crippen LogP contribution in [-0.2, 0) is 24.2 Å². The number of aryl methyl sites for hydroxylation is 2. The van der Waals surface area contributed by atoms with Crippen molar-refractivity contribution in [2.75, 3.05) is 5.32 Å². The van der Waals surface area contributed by atoms with Gasteiger partial charge < -0.3 is 10.6 Å². The Morgan fingerprint density at radius 2 is 1.85 bits per heavy atom. The van der Waals surface area contributed by atoms with Crippen LogP contribution in [0.3, 0.4) is 0 Å². The van der Waals surface area contributed by atoms with Gasteiger partial charge in [0.25, 0.3) is 0 Å². The molecule has 1 heterocycles. The normalized spacial score (nSPS) is 10.0. The van der Waals surface area contributed by atoms with Gasteiger partial charge in [0.15, 0.2) is 16.8 Å². The molecule has 0 saturated carbocycles. The van der Waals surface area contributed by atoms with Crippen LogP contribution in [0.2, 0.25) is 0 Å². The molecule has 0 unspecified atom stereocenters. The number of urea groups is 1. The summed E-state index contributed by atoms with van der Waals surface area (Å²) in [5, 5.41) is 7.07. The molecule has 1 aromatic carbocycles. The van der Waals surface area contributed by atoms with Crippen LogP contribution in [0, 0.1) is 11.6 Å². The van der Waals surface area contributed by atoms with Crippen LogP contribution in [-0.4, -0.2) is 16.9 Å². The molecule has 0 aliphatic carbocycles. The lowest BCUT2D eigenvalue weighted by Crippen LogP contribution is -2.39. The summed E-state index contributed by atoms with van der Waals surface area (Å²) in [5.74, 6) is 2.71. The summed E-state index contributed by atoms with van der Waals surface area (Å²) < 4.78 is 28.2. The second-order valence-corrected chi connectivity index (χ2v) is 6.02. The van der Waals surface area contributed by atoms with E-state index in [9.17, 15) is 18.4 Å². The highest BCUT2D eigenvalue weighted by molar-refractivity contribution is 7.13. The molecule has 2 aromatic rings.